The van der Waals surface area contributed by atoms with Crippen LogP contribution in [0.15, 0.2) is 11.3 Å². The van der Waals surface area contributed by atoms with Crippen molar-refractivity contribution < 1.29 is 9.94 Å². The molecule has 4 heteroatoms. The number of hydrogen-bond donors (Lipinski definition) is 2. The second-order valence-electron chi connectivity index (χ2n) is 3.19. The van der Waals surface area contributed by atoms with Crippen LogP contribution in [0, 0.1) is 0 Å². The number of hydroxylamine groups is 1. The Bertz CT molecular complexity index is 215. The Hall–Kier alpha value is -0.580. The maximum atomic E-state index is 9.42. The van der Waals surface area contributed by atoms with Gasteiger partial charge in [0.05, 0.1) is 0 Å². The molecule has 12 heavy (non-hydrogen) atoms. The first kappa shape index (κ1) is 8.04. The first-order chi connectivity index (χ1) is 5.81. The van der Waals surface area contributed by atoms with Crippen molar-refractivity contribution >= 4 is 0 Å². The van der Waals surface area contributed by atoms with Gasteiger partial charge in [0.2, 0.25) is 0 Å². The van der Waals surface area contributed by atoms with Gasteiger partial charge in [-0.25, -0.2) is 0 Å². The Morgan fingerprint density at radius 2 is 2.58 bits per heavy atom. The van der Waals surface area contributed by atoms with E-state index in [0.717, 1.165) is 37.4 Å². The number of nitrogens with one attached hydrogen (secondary N) is 1. The molecule has 0 spiro atoms. The fraction of sp³-hybridized carbons (Fsp3) is 0.750. The van der Waals surface area contributed by atoms with Gasteiger partial charge in [0.25, 0.3) is 0 Å². The Morgan fingerprint density at radius 3 is 3.33 bits per heavy atom. The zero-order valence-electron chi connectivity index (χ0n) is 7.21. The summed E-state index contributed by atoms with van der Waals surface area (Å²) in [5, 5.41) is 9.42. The summed E-state index contributed by atoms with van der Waals surface area (Å²) in [6, 6.07) is 0. The minimum atomic E-state index is -0.589. The molecule has 2 rings (SSSR count). The second kappa shape index (κ2) is 3.05. The van der Waals surface area contributed by atoms with Crippen LogP contribution in [0.25, 0.3) is 0 Å². The molecule has 4 nitrogen and oxygen atoms in total. The van der Waals surface area contributed by atoms with Crippen LogP contribution in [0.4, 0.5) is 0 Å². The van der Waals surface area contributed by atoms with Crippen LogP contribution in [-0.2, 0) is 4.84 Å². The number of hydrogen-bond acceptors (Lipinski definition) is 4. The van der Waals surface area contributed by atoms with Gasteiger partial charge >= 0.3 is 0 Å². The third-order valence-electron chi connectivity index (χ3n) is 2.48. The zero-order valence-corrected chi connectivity index (χ0v) is 7.21. The fourth-order valence-corrected chi connectivity index (χ4v) is 1.65. The Labute approximate surface area is 71.8 Å². The number of nitrogens with zero attached hydrogens (tertiary/aromatic N) is 1. The quantitative estimate of drug-likeness (QED) is 0.573. The van der Waals surface area contributed by atoms with E-state index >= 15 is 0 Å². The van der Waals surface area contributed by atoms with Crippen LogP contribution >= 0.6 is 0 Å². The standard InChI is InChI=1S/C8H14N2O2/c1-2-10-4-3-7-6(5-10)8(11)9-12-7/h8-9,11H,2-5H2,1H3/t8-/m0/s1. The Kier molecular flexibility index (Phi) is 2.04. The summed E-state index contributed by atoms with van der Waals surface area (Å²) in [5.74, 6) is 0.937. The molecule has 0 amide bonds. The highest BCUT2D eigenvalue weighted by molar-refractivity contribution is 5.20. The average molecular weight is 170 g/mol. The van der Waals surface area contributed by atoms with Gasteiger partial charge in [0, 0.05) is 25.1 Å². The van der Waals surface area contributed by atoms with E-state index in [1.54, 1.807) is 0 Å². The number of likely N-dealkylation sites (N-methyl/N-ethyl adjacent to an activating group) is 1. The average Bonchev–Trinajstić information content (AvgIpc) is 2.47. The minimum absolute atomic E-state index is 0.589. The van der Waals surface area contributed by atoms with Crippen LogP contribution in [-0.4, -0.2) is 35.9 Å². The summed E-state index contributed by atoms with van der Waals surface area (Å²) < 4.78 is 0. The maximum Gasteiger partial charge on any atom is 0.163 e. The van der Waals surface area contributed by atoms with Crippen LogP contribution in [0.3, 0.4) is 0 Å². The molecule has 2 aliphatic heterocycles. The van der Waals surface area contributed by atoms with Gasteiger partial charge < -0.3 is 9.94 Å². The highest BCUT2D eigenvalue weighted by atomic mass is 16.7. The predicted molar refractivity (Wildman–Crippen MR) is 44.0 cm³/mol. The molecule has 0 saturated heterocycles. The third kappa shape index (κ3) is 1.22. The SMILES string of the molecule is CCN1CCC2=C(C1)[C@H](O)NO2. The normalized spacial score (nSPS) is 30.3. The van der Waals surface area contributed by atoms with Crippen molar-refractivity contribution in [3.8, 4) is 0 Å². The number of rotatable bonds is 1. The number of aliphatic hydroxyl groups is 1. The second-order valence-corrected chi connectivity index (χ2v) is 3.19. The van der Waals surface area contributed by atoms with Crippen molar-refractivity contribution in [2.45, 2.75) is 19.6 Å². The summed E-state index contributed by atoms with van der Waals surface area (Å²) in [7, 11) is 0. The van der Waals surface area contributed by atoms with Crippen LogP contribution < -0.4 is 5.48 Å². The van der Waals surface area contributed by atoms with Crippen molar-refractivity contribution in [1.82, 2.24) is 10.4 Å². The summed E-state index contributed by atoms with van der Waals surface area (Å²) in [5.41, 5.74) is 3.56. The lowest BCUT2D eigenvalue weighted by molar-refractivity contribution is 0.0312. The van der Waals surface area contributed by atoms with E-state index < -0.39 is 6.23 Å². The van der Waals surface area contributed by atoms with Crippen molar-refractivity contribution in [3.05, 3.63) is 11.3 Å². The molecular weight excluding hydrogens is 156 g/mol. The van der Waals surface area contributed by atoms with Gasteiger partial charge in [0.15, 0.2) is 6.23 Å². The molecule has 0 saturated carbocycles. The molecule has 2 aliphatic rings. The van der Waals surface area contributed by atoms with Crippen molar-refractivity contribution in [2.75, 3.05) is 19.6 Å². The lowest BCUT2D eigenvalue weighted by Gasteiger charge is -2.25. The Balaban J connectivity index is 2.10. The van der Waals surface area contributed by atoms with Crippen molar-refractivity contribution in [2.24, 2.45) is 0 Å². The Morgan fingerprint density at radius 1 is 1.75 bits per heavy atom. The lowest BCUT2D eigenvalue weighted by Crippen LogP contribution is -2.34. The van der Waals surface area contributed by atoms with E-state index in [9.17, 15) is 5.11 Å². The lowest BCUT2D eigenvalue weighted by atomic mass is 10.1. The highest BCUT2D eigenvalue weighted by Crippen LogP contribution is 2.24. The highest BCUT2D eigenvalue weighted by Gasteiger charge is 2.29. The summed E-state index contributed by atoms with van der Waals surface area (Å²) in [6.07, 6.45) is 0.321. The smallest absolute Gasteiger partial charge is 0.163 e. The molecule has 0 aromatic rings. The maximum absolute atomic E-state index is 9.42. The summed E-state index contributed by atoms with van der Waals surface area (Å²) in [4.78, 5) is 7.41. The van der Waals surface area contributed by atoms with Crippen molar-refractivity contribution in [3.63, 3.8) is 0 Å². The summed E-state index contributed by atoms with van der Waals surface area (Å²) >= 11 is 0. The third-order valence-corrected chi connectivity index (χ3v) is 2.48. The molecule has 0 unspecified atom stereocenters. The van der Waals surface area contributed by atoms with Crippen molar-refractivity contribution in [1.29, 1.82) is 0 Å². The molecule has 0 bridgehead atoms. The fourth-order valence-electron chi connectivity index (χ4n) is 1.65. The van der Waals surface area contributed by atoms with E-state index in [4.69, 9.17) is 4.84 Å². The molecular formula is C8H14N2O2. The first-order valence-electron chi connectivity index (χ1n) is 4.36. The van der Waals surface area contributed by atoms with Gasteiger partial charge in [0.1, 0.15) is 5.76 Å². The van der Waals surface area contributed by atoms with E-state index in [1.807, 2.05) is 0 Å². The predicted octanol–water partition coefficient (Wildman–Crippen LogP) is -0.181. The molecule has 1 atom stereocenters. The largest absolute Gasteiger partial charge is 0.410 e. The van der Waals surface area contributed by atoms with Gasteiger partial charge in [-0.3, -0.25) is 4.90 Å². The van der Waals surface area contributed by atoms with E-state index in [1.165, 1.54) is 0 Å². The van der Waals surface area contributed by atoms with E-state index in [0.29, 0.717) is 0 Å². The van der Waals surface area contributed by atoms with E-state index in [-0.39, 0.29) is 0 Å². The molecule has 0 fully saturated rings. The van der Waals surface area contributed by atoms with Gasteiger partial charge in [-0.1, -0.05) is 6.92 Å². The topological polar surface area (TPSA) is 44.7 Å². The molecule has 0 aliphatic carbocycles. The zero-order chi connectivity index (χ0) is 8.55. The monoisotopic (exact) mass is 170 g/mol. The molecule has 68 valence electrons. The van der Waals surface area contributed by atoms with Crippen LogP contribution in [0.1, 0.15) is 13.3 Å². The van der Waals surface area contributed by atoms with Gasteiger partial charge in [-0.05, 0) is 6.54 Å². The first-order valence-corrected chi connectivity index (χ1v) is 4.36. The minimum Gasteiger partial charge on any atom is -0.410 e. The molecule has 2 N–H and O–H groups in total. The van der Waals surface area contributed by atoms with Crippen LogP contribution in [0.5, 0.6) is 0 Å². The van der Waals surface area contributed by atoms with Gasteiger partial charge in [-0.2, -0.15) is 0 Å². The number of aliphatic hydroxyl groups excluding tert-OH is 1. The molecule has 0 radical (unpaired) electrons. The molecule has 2 heterocycles. The van der Waals surface area contributed by atoms with Crippen LogP contribution in [0.2, 0.25) is 0 Å². The summed E-state index contributed by atoms with van der Waals surface area (Å²) in [6.45, 7) is 5.02. The van der Waals surface area contributed by atoms with Gasteiger partial charge in [-0.15, -0.1) is 5.48 Å². The molecule has 0 aromatic heterocycles. The van der Waals surface area contributed by atoms with E-state index in [2.05, 4.69) is 17.3 Å². The molecule has 0 aromatic carbocycles.